The molecule has 6 heteroatoms. The third-order valence-electron chi connectivity index (χ3n) is 3.35. The Hall–Kier alpha value is -2.99. The lowest BCUT2D eigenvalue weighted by atomic mass is 10.1. The molecule has 0 bridgehead atoms. The first-order valence-corrected chi connectivity index (χ1v) is 7.28. The highest BCUT2D eigenvalue weighted by molar-refractivity contribution is 5.30. The Balaban J connectivity index is 1.81. The van der Waals surface area contributed by atoms with Crippen LogP contribution in [0.3, 0.4) is 0 Å². The van der Waals surface area contributed by atoms with E-state index in [9.17, 15) is 4.79 Å². The van der Waals surface area contributed by atoms with Gasteiger partial charge < -0.3 is 0 Å². The molecule has 0 amide bonds. The second-order valence-electron chi connectivity index (χ2n) is 5.18. The molecule has 0 aliphatic rings. The molecule has 0 atom stereocenters. The molecule has 1 aromatic heterocycles. The van der Waals surface area contributed by atoms with E-state index < -0.39 is 5.69 Å². The smallest absolute Gasteiger partial charge is 0.293 e. The van der Waals surface area contributed by atoms with Crippen molar-refractivity contribution in [3.63, 3.8) is 0 Å². The van der Waals surface area contributed by atoms with Gasteiger partial charge >= 0.3 is 5.69 Å². The lowest BCUT2D eigenvalue weighted by molar-refractivity contribution is 0.769. The maximum absolute atomic E-state index is 11.8. The van der Waals surface area contributed by atoms with Crippen LogP contribution >= 0.6 is 0 Å². The number of benzene rings is 2. The van der Waals surface area contributed by atoms with E-state index in [4.69, 9.17) is 5.84 Å². The van der Waals surface area contributed by atoms with Crippen molar-refractivity contribution in [3.8, 4) is 0 Å². The van der Waals surface area contributed by atoms with Crippen LogP contribution in [0.2, 0.25) is 0 Å². The summed E-state index contributed by atoms with van der Waals surface area (Å²) in [6.07, 6.45) is 0.519. The van der Waals surface area contributed by atoms with Crippen molar-refractivity contribution in [3.05, 3.63) is 88.1 Å². The van der Waals surface area contributed by atoms with Crippen LogP contribution in [0.4, 0.5) is 5.95 Å². The van der Waals surface area contributed by atoms with Gasteiger partial charge in [0.15, 0.2) is 0 Å². The van der Waals surface area contributed by atoms with Crippen molar-refractivity contribution < 1.29 is 0 Å². The predicted molar refractivity (Wildman–Crippen MR) is 88.7 cm³/mol. The second kappa shape index (κ2) is 6.85. The summed E-state index contributed by atoms with van der Waals surface area (Å²) >= 11 is 0. The summed E-state index contributed by atoms with van der Waals surface area (Å²) in [4.78, 5) is 22.6. The van der Waals surface area contributed by atoms with Crippen molar-refractivity contribution >= 4 is 5.95 Å². The predicted octanol–water partition coefficient (Wildman–Crippen LogP) is 1.64. The molecule has 0 aliphatic heterocycles. The van der Waals surface area contributed by atoms with Gasteiger partial charge in [0, 0.05) is 6.42 Å². The Labute approximate surface area is 133 Å². The third kappa shape index (κ3) is 4.02. The summed E-state index contributed by atoms with van der Waals surface area (Å²) < 4.78 is 0. The molecule has 2 aromatic carbocycles. The van der Waals surface area contributed by atoms with Crippen molar-refractivity contribution in [2.45, 2.75) is 13.0 Å². The summed E-state index contributed by atoms with van der Waals surface area (Å²) in [6.45, 7) is 0.426. The molecule has 0 unspecified atom stereocenters. The van der Waals surface area contributed by atoms with E-state index >= 15 is 0 Å². The van der Waals surface area contributed by atoms with Crippen molar-refractivity contribution in [1.29, 1.82) is 0 Å². The molecule has 0 radical (unpaired) electrons. The Morgan fingerprint density at radius 3 is 2.17 bits per heavy atom. The van der Waals surface area contributed by atoms with Gasteiger partial charge in [-0.2, -0.15) is 9.97 Å². The summed E-state index contributed by atoms with van der Waals surface area (Å²) in [5, 5.41) is 1.37. The highest BCUT2D eigenvalue weighted by Gasteiger charge is 2.09. The quantitative estimate of drug-likeness (QED) is 0.552. The number of aromatic amines is 1. The number of nitrogens with zero attached hydrogens (tertiary/aromatic N) is 3. The molecule has 0 saturated heterocycles. The van der Waals surface area contributed by atoms with Gasteiger partial charge in [0.05, 0.1) is 6.54 Å². The molecular formula is C17H17N5O. The van der Waals surface area contributed by atoms with E-state index in [1.54, 1.807) is 0 Å². The van der Waals surface area contributed by atoms with Crippen LogP contribution in [0, 0.1) is 0 Å². The molecule has 6 nitrogen and oxygen atoms in total. The van der Waals surface area contributed by atoms with Gasteiger partial charge in [-0.25, -0.2) is 10.6 Å². The van der Waals surface area contributed by atoms with E-state index in [1.165, 1.54) is 5.01 Å². The molecular weight excluding hydrogens is 290 g/mol. The average molecular weight is 307 g/mol. The summed E-state index contributed by atoms with van der Waals surface area (Å²) in [5.74, 6) is 6.76. The Bertz CT molecular complexity index is 817. The zero-order chi connectivity index (χ0) is 16.1. The van der Waals surface area contributed by atoms with Crippen LogP contribution in [-0.4, -0.2) is 15.0 Å². The molecule has 0 saturated carbocycles. The van der Waals surface area contributed by atoms with Gasteiger partial charge in [0.2, 0.25) is 5.95 Å². The number of aromatic nitrogens is 3. The second-order valence-corrected chi connectivity index (χ2v) is 5.18. The zero-order valence-corrected chi connectivity index (χ0v) is 12.5. The number of anilines is 1. The van der Waals surface area contributed by atoms with E-state index in [-0.39, 0.29) is 5.95 Å². The Morgan fingerprint density at radius 1 is 0.913 bits per heavy atom. The van der Waals surface area contributed by atoms with Crippen molar-refractivity contribution in [1.82, 2.24) is 15.0 Å². The van der Waals surface area contributed by atoms with Gasteiger partial charge in [-0.3, -0.25) is 9.99 Å². The lowest BCUT2D eigenvalue weighted by Gasteiger charge is -2.16. The van der Waals surface area contributed by atoms with E-state index in [0.717, 1.165) is 11.1 Å². The third-order valence-corrected chi connectivity index (χ3v) is 3.35. The van der Waals surface area contributed by atoms with E-state index in [0.29, 0.717) is 18.8 Å². The van der Waals surface area contributed by atoms with Gasteiger partial charge in [-0.05, 0) is 11.1 Å². The fraction of sp³-hybridized carbons (Fsp3) is 0.118. The van der Waals surface area contributed by atoms with Crippen LogP contribution in [0.1, 0.15) is 17.0 Å². The maximum atomic E-state index is 11.8. The van der Waals surface area contributed by atoms with Crippen LogP contribution in [0.15, 0.2) is 65.5 Å². The first kappa shape index (κ1) is 14.9. The fourth-order valence-corrected chi connectivity index (χ4v) is 2.27. The fourth-order valence-electron chi connectivity index (χ4n) is 2.27. The molecule has 116 valence electrons. The molecule has 3 aromatic rings. The molecule has 0 fully saturated rings. The SMILES string of the molecule is NN(Cc1ccccc1)c1nc(Cc2ccccc2)[nH]c(=O)n1. The molecule has 0 spiro atoms. The molecule has 1 heterocycles. The monoisotopic (exact) mass is 307 g/mol. The maximum Gasteiger partial charge on any atom is 0.349 e. The molecule has 0 aliphatic carbocycles. The highest BCUT2D eigenvalue weighted by Crippen LogP contribution is 2.09. The number of H-pyrrole nitrogens is 1. The summed E-state index contributed by atoms with van der Waals surface area (Å²) in [5.41, 5.74) is 1.62. The van der Waals surface area contributed by atoms with E-state index in [1.807, 2.05) is 60.7 Å². The molecule has 23 heavy (non-hydrogen) atoms. The minimum absolute atomic E-state index is 0.212. The van der Waals surface area contributed by atoms with Crippen LogP contribution in [0.5, 0.6) is 0 Å². The topological polar surface area (TPSA) is 87.9 Å². The van der Waals surface area contributed by atoms with Crippen LogP contribution < -0.4 is 16.5 Å². The van der Waals surface area contributed by atoms with E-state index in [2.05, 4.69) is 15.0 Å². The molecule has 3 rings (SSSR count). The van der Waals surface area contributed by atoms with Crippen LogP contribution in [-0.2, 0) is 13.0 Å². The summed E-state index contributed by atoms with van der Waals surface area (Å²) in [7, 11) is 0. The number of nitrogens with two attached hydrogens (primary N) is 1. The van der Waals surface area contributed by atoms with Gasteiger partial charge in [0.1, 0.15) is 5.82 Å². The Morgan fingerprint density at radius 2 is 1.52 bits per heavy atom. The first-order chi connectivity index (χ1) is 11.2. The summed E-state index contributed by atoms with van der Waals surface area (Å²) in [6, 6.07) is 19.5. The minimum Gasteiger partial charge on any atom is -0.293 e. The zero-order valence-electron chi connectivity index (χ0n) is 12.5. The van der Waals surface area contributed by atoms with Crippen molar-refractivity contribution in [2.24, 2.45) is 5.84 Å². The number of nitrogens with one attached hydrogen (secondary N) is 1. The number of hydrogen-bond acceptors (Lipinski definition) is 5. The van der Waals surface area contributed by atoms with Crippen LogP contribution in [0.25, 0.3) is 0 Å². The number of hydrazine groups is 1. The normalized spacial score (nSPS) is 10.5. The standard InChI is InChI=1S/C17H17N5O/c18-22(12-14-9-5-2-6-10-14)16-19-15(20-17(23)21-16)11-13-7-3-1-4-8-13/h1-10H,11-12,18H2,(H,19,20,21,23). The molecule has 3 N–H and O–H groups in total. The minimum atomic E-state index is -0.454. The lowest BCUT2D eigenvalue weighted by Crippen LogP contribution is -2.34. The largest absolute Gasteiger partial charge is 0.349 e. The Kier molecular flexibility index (Phi) is 4.44. The highest BCUT2D eigenvalue weighted by atomic mass is 16.1. The van der Waals surface area contributed by atoms with Gasteiger partial charge in [-0.15, -0.1) is 0 Å². The first-order valence-electron chi connectivity index (χ1n) is 7.28. The average Bonchev–Trinajstić information content (AvgIpc) is 2.56. The number of hydrogen-bond donors (Lipinski definition) is 2. The number of rotatable bonds is 5. The van der Waals surface area contributed by atoms with Gasteiger partial charge in [-0.1, -0.05) is 60.7 Å². The van der Waals surface area contributed by atoms with Crippen molar-refractivity contribution in [2.75, 3.05) is 5.01 Å². The van der Waals surface area contributed by atoms with Gasteiger partial charge in [0.25, 0.3) is 0 Å².